The Morgan fingerprint density at radius 1 is 1.25 bits per heavy atom. The molecule has 2 fully saturated rings. The first-order valence-corrected chi connectivity index (χ1v) is 6.84. The summed E-state index contributed by atoms with van der Waals surface area (Å²) in [7, 11) is 0. The number of unbranched alkanes of at least 4 members (excludes halogenated alkanes) is 1. The van der Waals surface area contributed by atoms with Gasteiger partial charge in [0.1, 0.15) is 0 Å². The van der Waals surface area contributed by atoms with E-state index in [0.29, 0.717) is 12.1 Å². The Morgan fingerprint density at radius 2 is 2.12 bits per heavy atom. The normalized spacial score (nSPS) is 29.8. The van der Waals surface area contributed by atoms with Crippen molar-refractivity contribution >= 4 is 0 Å². The average Bonchev–Trinajstić information content (AvgIpc) is 3.04. The third-order valence-electron chi connectivity index (χ3n) is 3.52. The molecule has 0 bridgehead atoms. The molecule has 3 nitrogen and oxygen atoms in total. The SMILES string of the molecule is CCCCOCCNC1CCOC1C1CC1. The van der Waals surface area contributed by atoms with Gasteiger partial charge >= 0.3 is 0 Å². The van der Waals surface area contributed by atoms with Crippen LogP contribution in [0.4, 0.5) is 0 Å². The molecule has 94 valence electrons. The van der Waals surface area contributed by atoms with Crippen molar-refractivity contribution in [3.63, 3.8) is 0 Å². The minimum absolute atomic E-state index is 0.496. The van der Waals surface area contributed by atoms with E-state index < -0.39 is 0 Å². The third-order valence-corrected chi connectivity index (χ3v) is 3.52. The molecule has 1 N–H and O–H groups in total. The molecule has 1 saturated carbocycles. The van der Waals surface area contributed by atoms with Crippen molar-refractivity contribution in [2.24, 2.45) is 5.92 Å². The number of nitrogens with one attached hydrogen (secondary N) is 1. The van der Waals surface area contributed by atoms with Crippen LogP contribution in [-0.4, -0.2) is 38.5 Å². The smallest absolute Gasteiger partial charge is 0.0756 e. The van der Waals surface area contributed by atoms with Crippen molar-refractivity contribution in [3.05, 3.63) is 0 Å². The largest absolute Gasteiger partial charge is 0.380 e. The van der Waals surface area contributed by atoms with E-state index in [1.54, 1.807) is 0 Å². The lowest BCUT2D eigenvalue weighted by atomic mass is 10.1. The van der Waals surface area contributed by atoms with E-state index in [-0.39, 0.29) is 0 Å². The van der Waals surface area contributed by atoms with Crippen molar-refractivity contribution in [3.8, 4) is 0 Å². The van der Waals surface area contributed by atoms with Crippen LogP contribution < -0.4 is 5.32 Å². The quantitative estimate of drug-likeness (QED) is 0.643. The Bertz CT molecular complexity index is 194. The molecule has 2 atom stereocenters. The predicted octanol–water partition coefficient (Wildman–Crippen LogP) is 1.96. The monoisotopic (exact) mass is 227 g/mol. The first-order chi connectivity index (χ1) is 7.92. The molecular formula is C13H25NO2. The summed E-state index contributed by atoms with van der Waals surface area (Å²) in [5.41, 5.74) is 0. The summed E-state index contributed by atoms with van der Waals surface area (Å²) in [6.07, 6.45) is 6.81. The van der Waals surface area contributed by atoms with Crippen LogP contribution in [0.1, 0.15) is 39.0 Å². The Labute approximate surface area is 98.9 Å². The van der Waals surface area contributed by atoms with Gasteiger partial charge in [-0.3, -0.25) is 0 Å². The van der Waals surface area contributed by atoms with E-state index in [1.165, 1.54) is 32.1 Å². The molecule has 2 rings (SSSR count). The Morgan fingerprint density at radius 3 is 2.88 bits per heavy atom. The van der Waals surface area contributed by atoms with Gasteiger partial charge in [-0.1, -0.05) is 13.3 Å². The van der Waals surface area contributed by atoms with Gasteiger partial charge in [-0.15, -0.1) is 0 Å². The molecule has 1 heterocycles. The first-order valence-electron chi connectivity index (χ1n) is 6.84. The van der Waals surface area contributed by atoms with Crippen LogP contribution in [0.3, 0.4) is 0 Å². The molecule has 0 aromatic carbocycles. The van der Waals surface area contributed by atoms with E-state index >= 15 is 0 Å². The number of rotatable bonds is 8. The Balaban J connectivity index is 1.51. The standard InChI is InChI=1S/C13H25NO2/c1-2-3-8-15-10-7-14-12-6-9-16-13(12)11-4-5-11/h11-14H,2-10H2,1H3. The molecule has 0 spiro atoms. The van der Waals surface area contributed by atoms with Gasteiger partial charge in [-0.25, -0.2) is 0 Å². The van der Waals surface area contributed by atoms with Gasteiger partial charge < -0.3 is 14.8 Å². The fourth-order valence-corrected chi connectivity index (χ4v) is 2.38. The molecule has 0 amide bonds. The Hall–Kier alpha value is -0.120. The lowest BCUT2D eigenvalue weighted by Gasteiger charge is -2.19. The summed E-state index contributed by atoms with van der Waals surface area (Å²) in [5.74, 6) is 0.848. The second-order valence-electron chi connectivity index (χ2n) is 4.99. The maximum Gasteiger partial charge on any atom is 0.0756 e. The molecular weight excluding hydrogens is 202 g/mol. The van der Waals surface area contributed by atoms with Gasteiger partial charge in [0.2, 0.25) is 0 Å². The predicted molar refractivity (Wildman–Crippen MR) is 64.6 cm³/mol. The summed E-state index contributed by atoms with van der Waals surface area (Å²) >= 11 is 0. The second-order valence-corrected chi connectivity index (χ2v) is 4.99. The topological polar surface area (TPSA) is 30.5 Å². The van der Waals surface area contributed by atoms with Crippen LogP contribution in [0, 0.1) is 5.92 Å². The maximum atomic E-state index is 5.78. The van der Waals surface area contributed by atoms with Gasteiger partial charge in [-0.05, 0) is 31.6 Å². The van der Waals surface area contributed by atoms with Crippen molar-refractivity contribution in [2.45, 2.75) is 51.2 Å². The van der Waals surface area contributed by atoms with Crippen molar-refractivity contribution in [1.29, 1.82) is 0 Å². The van der Waals surface area contributed by atoms with Gasteiger partial charge in [0.15, 0.2) is 0 Å². The highest BCUT2D eigenvalue weighted by molar-refractivity contribution is 4.93. The molecule has 1 aliphatic heterocycles. The highest BCUT2D eigenvalue weighted by Gasteiger charge is 2.40. The first kappa shape index (κ1) is 12.3. The number of hydrogen-bond donors (Lipinski definition) is 1. The summed E-state index contributed by atoms with van der Waals surface area (Å²) in [5, 5.41) is 3.58. The zero-order chi connectivity index (χ0) is 11.2. The Kier molecular flexibility index (Phi) is 5.07. The average molecular weight is 227 g/mol. The van der Waals surface area contributed by atoms with E-state index in [4.69, 9.17) is 9.47 Å². The lowest BCUT2D eigenvalue weighted by molar-refractivity contribution is 0.0771. The minimum atomic E-state index is 0.496. The molecule has 0 aromatic rings. The molecule has 0 radical (unpaired) electrons. The molecule has 1 aliphatic carbocycles. The van der Waals surface area contributed by atoms with Gasteiger partial charge in [-0.2, -0.15) is 0 Å². The van der Waals surface area contributed by atoms with Crippen LogP contribution in [0.15, 0.2) is 0 Å². The maximum absolute atomic E-state index is 5.78. The molecule has 3 heteroatoms. The van der Waals surface area contributed by atoms with Crippen molar-refractivity contribution in [2.75, 3.05) is 26.4 Å². The van der Waals surface area contributed by atoms with E-state index in [1.807, 2.05) is 0 Å². The summed E-state index contributed by atoms with van der Waals surface area (Å²) in [4.78, 5) is 0. The summed E-state index contributed by atoms with van der Waals surface area (Å²) in [6.45, 7) is 5.85. The van der Waals surface area contributed by atoms with Crippen molar-refractivity contribution < 1.29 is 9.47 Å². The molecule has 2 aliphatic rings. The molecule has 1 saturated heterocycles. The van der Waals surface area contributed by atoms with Gasteiger partial charge in [0.05, 0.1) is 12.7 Å². The minimum Gasteiger partial charge on any atom is -0.380 e. The van der Waals surface area contributed by atoms with Crippen LogP contribution in [-0.2, 0) is 9.47 Å². The van der Waals surface area contributed by atoms with Crippen molar-refractivity contribution in [1.82, 2.24) is 5.32 Å². The lowest BCUT2D eigenvalue weighted by Crippen LogP contribution is -2.39. The fourth-order valence-electron chi connectivity index (χ4n) is 2.38. The zero-order valence-corrected chi connectivity index (χ0v) is 10.4. The van der Waals surface area contributed by atoms with Crippen LogP contribution >= 0.6 is 0 Å². The van der Waals surface area contributed by atoms with E-state index in [0.717, 1.165) is 32.3 Å². The number of hydrogen-bond acceptors (Lipinski definition) is 3. The zero-order valence-electron chi connectivity index (χ0n) is 10.4. The fraction of sp³-hybridized carbons (Fsp3) is 1.00. The van der Waals surface area contributed by atoms with Crippen LogP contribution in [0.2, 0.25) is 0 Å². The van der Waals surface area contributed by atoms with Crippen LogP contribution in [0.5, 0.6) is 0 Å². The number of ether oxygens (including phenoxy) is 2. The summed E-state index contributed by atoms with van der Waals surface area (Å²) in [6, 6.07) is 0.585. The second kappa shape index (κ2) is 6.58. The van der Waals surface area contributed by atoms with Gasteiger partial charge in [0.25, 0.3) is 0 Å². The van der Waals surface area contributed by atoms with E-state index in [9.17, 15) is 0 Å². The highest BCUT2D eigenvalue weighted by atomic mass is 16.5. The van der Waals surface area contributed by atoms with Crippen LogP contribution in [0.25, 0.3) is 0 Å². The van der Waals surface area contributed by atoms with Gasteiger partial charge in [0, 0.05) is 25.8 Å². The van der Waals surface area contributed by atoms with E-state index in [2.05, 4.69) is 12.2 Å². The molecule has 2 unspecified atom stereocenters. The third kappa shape index (κ3) is 3.72. The highest BCUT2D eigenvalue weighted by Crippen LogP contribution is 2.38. The molecule has 0 aromatic heterocycles. The summed E-state index contributed by atoms with van der Waals surface area (Å²) < 4.78 is 11.3. The molecule has 16 heavy (non-hydrogen) atoms.